The summed E-state index contributed by atoms with van der Waals surface area (Å²) < 4.78 is 11.7. The predicted octanol–water partition coefficient (Wildman–Crippen LogP) is 4.25. The number of hydrogen-bond donors (Lipinski definition) is 3. The quantitative estimate of drug-likeness (QED) is 0.275. The van der Waals surface area contributed by atoms with Crippen LogP contribution in [0.25, 0.3) is 16.8 Å². The fourth-order valence-corrected chi connectivity index (χ4v) is 5.13. The first kappa shape index (κ1) is 27.0. The zero-order chi connectivity index (χ0) is 29.1. The van der Waals surface area contributed by atoms with Crippen LogP contribution in [0.3, 0.4) is 0 Å². The van der Waals surface area contributed by atoms with Crippen LogP contribution in [-0.2, 0) is 20.7 Å². The zero-order valence-corrected chi connectivity index (χ0v) is 22.0. The number of nitrogen functional groups attached to an aromatic ring is 1. The van der Waals surface area contributed by atoms with Gasteiger partial charge in [-0.15, -0.1) is 0 Å². The fraction of sp³-hybridized carbons (Fsp3) is 0.161. The number of carboxylic acids is 1. The molecule has 0 saturated heterocycles. The van der Waals surface area contributed by atoms with Gasteiger partial charge in [-0.3, -0.25) is 0 Å². The van der Waals surface area contributed by atoms with E-state index in [0.717, 1.165) is 22.3 Å². The van der Waals surface area contributed by atoms with Crippen LogP contribution < -0.4 is 11.1 Å². The van der Waals surface area contributed by atoms with E-state index in [1.165, 1.54) is 17.9 Å². The number of benzene rings is 3. The summed E-state index contributed by atoms with van der Waals surface area (Å²) in [6, 6.07) is 23.2. The number of alkyl carbamates (subject to hydrolysis) is 1. The number of aromatic nitrogens is 1. The Morgan fingerprint density at radius 1 is 1.02 bits per heavy atom. The SMILES string of the molecule is COC(=O)c1c(N)c(C#N)cn1-c1ccc(CC(NC(=O)OCC2c3ccccc3-c3ccccc32)C(=O)O)cc1. The number of nitrogens with two attached hydrogens (primary N) is 1. The maximum atomic E-state index is 12.7. The third-order valence-electron chi connectivity index (χ3n) is 7.13. The first-order chi connectivity index (χ1) is 19.8. The van der Waals surface area contributed by atoms with E-state index in [9.17, 15) is 24.8 Å². The van der Waals surface area contributed by atoms with Crippen LogP contribution in [0.1, 0.15) is 38.7 Å². The Morgan fingerprint density at radius 3 is 2.20 bits per heavy atom. The second kappa shape index (κ2) is 11.3. The van der Waals surface area contributed by atoms with Gasteiger partial charge in [-0.2, -0.15) is 5.26 Å². The summed E-state index contributed by atoms with van der Waals surface area (Å²) in [5, 5.41) is 21.5. The molecular weight excluding hydrogens is 524 g/mol. The van der Waals surface area contributed by atoms with Crippen molar-refractivity contribution in [2.24, 2.45) is 0 Å². The second-order valence-corrected chi connectivity index (χ2v) is 9.51. The van der Waals surface area contributed by atoms with Gasteiger partial charge < -0.3 is 30.2 Å². The van der Waals surface area contributed by atoms with Crippen LogP contribution >= 0.6 is 0 Å². The van der Waals surface area contributed by atoms with Gasteiger partial charge in [-0.25, -0.2) is 14.4 Å². The summed E-state index contributed by atoms with van der Waals surface area (Å²) in [7, 11) is 1.21. The van der Waals surface area contributed by atoms with Gasteiger partial charge in [0.2, 0.25) is 0 Å². The van der Waals surface area contributed by atoms with Crippen LogP contribution in [0.15, 0.2) is 79.0 Å². The van der Waals surface area contributed by atoms with Gasteiger partial charge in [-0.1, -0.05) is 60.7 Å². The molecule has 1 aliphatic rings. The lowest BCUT2D eigenvalue weighted by Crippen LogP contribution is -2.42. The van der Waals surface area contributed by atoms with Crippen molar-refractivity contribution in [1.29, 1.82) is 5.26 Å². The number of ether oxygens (including phenoxy) is 2. The summed E-state index contributed by atoms with van der Waals surface area (Å²) in [5.74, 6) is -2.07. The number of carboxylic acid groups (broad SMARTS) is 1. The molecule has 206 valence electrons. The molecule has 0 aliphatic heterocycles. The molecule has 41 heavy (non-hydrogen) atoms. The van der Waals surface area contributed by atoms with Crippen LogP contribution in [0, 0.1) is 11.3 Å². The average molecular weight is 551 g/mol. The van der Waals surface area contributed by atoms with Crippen LogP contribution in [0.2, 0.25) is 0 Å². The van der Waals surface area contributed by atoms with E-state index in [1.807, 2.05) is 54.6 Å². The summed E-state index contributed by atoms with van der Waals surface area (Å²) >= 11 is 0. The monoisotopic (exact) mass is 550 g/mol. The smallest absolute Gasteiger partial charge is 0.407 e. The first-order valence-corrected chi connectivity index (χ1v) is 12.7. The maximum absolute atomic E-state index is 12.7. The number of fused-ring (bicyclic) bond motifs is 3. The summed E-state index contributed by atoms with van der Waals surface area (Å²) in [6.45, 7) is 0.0636. The molecule has 4 aromatic rings. The molecule has 1 aromatic heterocycles. The molecule has 4 N–H and O–H groups in total. The Bertz CT molecular complexity index is 1640. The molecule has 0 bridgehead atoms. The lowest BCUT2D eigenvalue weighted by molar-refractivity contribution is -0.139. The van der Waals surface area contributed by atoms with Crippen molar-refractivity contribution in [2.75, 3.05) is 19.5 Å². The fourth-order valence-electron chi connectivity index (χ4n) is 5.13. The molecule has 10 nitrogen and oxygen atoms in total. The first-order valence-electron chi connectivity index (χ1n) is 12.7. The summed E-state index contributed by atoms with van der Waals surface area (Å²) in [6.07, 6.45) is 0.585. The molecule has 10 heteroatoms. The van der Waals surface area contributed by atoms with Crippen LogP contribution in [0.4, 0.5) is 10.5 Å². The van der Waals surface area contributed by atoms with Gasteiger partial charge in [-0.05, 0) is 39.9 Å². The van der Waals surface area contributed by atoms with Crippen molar-refractivity contribution >= 4 is 23.7 Å². The van der Waals surface area contributed by atoms with Crippen molar-refractivity contribution < 1.29 is 29.0 Å². The van der Waals surface area contributed by atoms with Gasteiger partial charge in [0.1, 0.15) is 18.7 Å². The highest BCUT2D eigenvalue weighted by atomic mass is 16.5. The van der Waals surface area contributed by atoms with E-state index in [-0.39, 0.29) is 35.9 Å². The third-order valence-corrected chi connectivity index (χ3v) is 7.13. The number of nitrogens with zero attached hydrogens (tertiary/aromatic N) is 2. The van der Waals surface area contributed by atoms with Crippen LogP contribution in [0.5, 0.6) is 0 Å². The Hall–Kier alpha value is -5.56. The Morgan fingerprint density at radius 2 is 1.63 bits per heavy atom. The van der Waals surface area contributed by atoms with E-state index in [2.05, 4.69) is 5.32 Å². The molecule has 0 saturated carbocycles. The lowest BCUT2D eigenvalue weighted by atomic mass is 9.98. The number of esters is 1. The highest BCUT2D eigenvalue weighted by Crippen LogP contribution is 2.44. The van der Waals surface area contributed by atoms with E-state index in [0.29, 0.717) is 11.3 Å². The highest BCUT2D eigenvalue weighted by molar-refractivity contribution is 5.96. The topological polar surface area (TPSA) is 157 Å². The van der Waals surface area contributed by atoms with Crippen molar-refractivity contribution in [3.63, 3.8) is 0 Å². The number of nitriles is 1. The maximum Gasteiger partial charge on any atom is 0.407 e. The highest BCUT2D eigenvalue weighted by Gasteiger charge is 2.30. The van der Waals surface area contributed by atoms with Crippen molar-refractivity contribution in [3.05, 3.63) is 107 Å². The minimum absolute atomic E-state index is 0.00154. The number of anilines is 1. The van der Waals surface area contributed by atoms with Gasteiger partial charge in [0.15, 0.2) is 5.69 Å². The number of rotatable bonds is 8. The molecule has 3 aromatic carbocycles. The molecular formula is C31H26N4O6. The van der Waals surface area contributed by atoms with E-state index in [1.54, 1.807) is 24.3 Å². The van der Waals surface area contributed by atoms with Gasteiger partial charge >= 0.3 is 18.0 Å². The molecule has 5 rings (SSSR count). The standard InChI is InChI=1S/C31H26N4O6/c1-40-30(38)28-27(33)19(15-32)16-35(28)20-12-10-18(11-13-20)14-26(29(36)37)34-31(39)41-17-25-23-8-4-2-6-21(23)22-7-3-5-9-24(22)25/h2-13,16,25-26H,14,17,33H2,1H3,(H,34,39)(H,36,37). The number of nitrogens with one attached hydrogen (secondary N) is 1. The third kappa shape index (κ3) is 5.21. The lowest BCUT2D eigenvalue weighted by Gasteiger charge is -2.18. The molecule has 0 fully saturated rings. The minimum atomic E-state index is -1.24. The van der Waals surface area contributed by atoms with E-state index in [4.69, 9.17) is 15.2 Å². The van der Waals surface area contributed by atoms with Crippen LogP contribution in [-0.4, -0.2) is 47.5 Å². The van der Waals surface area contributed by atoms with Gasteiger partial charge in [0.05, 0.1) is 18.4 Å². The number of amides is 1. The van der Waals surface area contributed by atoms with Crippen molar-refractivity contribution in [2.45, 2.75) is 18.4 Å². The number of methoxy groups -OCH3 is 1. The molecule has 1 aliphatic carbocycles. The number of hydrogen-bond acceptors (Lipinski definition) is 7. The average Bonchev–Trinajstić information content (AvgIpc) is 3.50. The molecule has 0 radical (unpaired) electrons. The van der Waals surface area contributed by atoms with E-state index >= 15 is 0 Å². The largest absolute Gasteiger partial charge is 0.480 e. The number of carbonyl (C=O) groups is 3. The molecule has 1 unspecified atom stereocenters. The molecule has 0 spiro atoms. The molecule has 1 atom stereocenters. The number of aliphatic carboxylic acids is 1. The zero-order valence-electron chi connectivity index (χ0n) is 22.0. The summed E-state index contributed by atoms with van der Waals surface area (Å²) in [4.78, 5) is 36.9. The number of carbonyl (C=O) groups excluding carboxylic acids is 2. The molecule has 1 heterocycles. The predicted molar refractivity (Wildman–Crippen MR) is 150 cm³/mol. The Labute approximate surface area is 235 Å². The van der Waals surface area contributed by atoms with Crippen molar-refractivity contribution in [1.82, 2.24) is 9.88 Å². The molecule has 1 amide bonds. The Balaban J connectivity index is 1.26. The minimum Gasteiger partial charge on any atom is -0.480 e. The van der Waals surface area contributed by atoms with Gasteiger partial charge in [0.25, 0.3) is 0 Å². The normalized spacial score (nSPS) is 12.5. The second-order valence-electron chi connectivity index (χ2n) is 9.51. The Kier molecular flexibility index (Phi) is 7.43. The van der Waals surface area contributed by atoms with Gasteiger partial charge in [0, 0.05) is 24.2 Å². The summed E-state index contributed by atoms with van der Waals surface area (Å²) in [5.41, 5.74) is 11.5. The van der Waals surface area contributed by atoms with Crippen molar-refractivity contribution in [3.8, 4) is 22.9 Å². The van der Waals surface area contributed by atoms with E-state index < -0.39 is 24.1 Å².